The van der Waals surface area contributed by atoms with Gasteiger partial charge in [0.15, 0.2) is 0 Å². The molecule has 15 heavy (non-hydrogen) atoms. The third-order valence-corrected chi connectivity index (χ3v) is 3.86. The second kappa shape index (κ2) is 5.65. The van der Waals surface area contributed by atoms with E-state index < -0.39 is 0 Å². The fourth-order valence-corrected chi connectivity index (χ4v) is 2.84. The zero-order valence-electron chi connectivity index (χ0n) is 10.4. The Morgan fingerprint density at radius 2 is 2.00 bits per heavy atom. The lowest BCUT2D eigenvalue weighted by Crippen LogP contribution is -2.56. The Hall–Kier alpha value is 0.400. The third-order valence-electron chi connectivity index (χ3n) is 3.14. The normalized spacial score (nSPS) is 27.2. The van der Waals surface area contributed by atoms with Crippen LogP contribution in [0.2, 0.25) is 0 Å². The van der Waals surface area contributed by atoms with Gasteiger partial charge in [-0.15, -0.1) is 0 Å². The molecule has 3 heteroatoms. The predicted molar refractivity (Wildman–Crippen MR) is 68.7 cm³/mol. The van der Waals surface area contributed by atoms with E-state index in [1.54, 1.807) is 0 Å². The molecule has 0 radical (unpaired) electrons. The van der Waals surface area contributed by atoms with Gasteiger partial charge in [-0.05, 0) is 26.7 Å². The van der Waals surface area contributed by atoms with Crippen molar-refractivity contribution < 1.29 is 4.74 Å². The highest BCUT2D eigenvalue weighted by molar-refractivity contribution is 9.09. The molecule has 1 aliphatic rings. The summed E-state index contributed by atoms with van der Waals surface area (Å²) in [6.07, 6.45) is 2.82. The molecular weight excluding hydrogens is 254 g/mol. The first-order valence-electron chi connectivity index (χ1n) is 6.00. The summed E-state index contributed by atoms with van der Waals surface area (Å²) in [5.41, 5.74) is -0.000718. The van der Waals surface area contributed by atoms with Gasteiger partial charge in [-0.3, -0.25) is 4.90 Å². The van der Waals surface area contributed by atoms with Gasteiger partial charge >= 0.3 is 0 Å². The molecule has 0 spiro atoms. The number of morpholine rings is 1. The van der Waals surface area contributed by atoms with Gasteiger partial charge < -0.3 is 4.74 Å². The summed E-state index contributed by atoms with van der Waals surface area (Å²) >= 11 is 3.53. The van der Waals surface area contributed by atoms with Gasteiger partial charge in [0.25, 0.3) is 0 Å². The molecule has 1 unspecified atom stereocenters. The first-order chi connectivity index (χ1) is 7.02. The van der Waals surface area contributed by atoms with Crippen molar-refractivity contribution in [3.63, 3.8) is 0 Å². The Balaban J connectivity index is 2.64. The van der Waals surface area contributed by atoms with Gasteiger partial charge in [-0.25, -0.2) is 0 Å². The Morgan fingerprint density at radius 3 is 2.47 bits per heavy atom. The van der Waals surface area contributed by atoms with Gasteiger partial charge in [0, 0.05) is 24.5 Å². The van der Waals surface area contributed by atoms with Gasteiger partial charge in [-0.2, -0.15) is 0 Å². The van der Waals surface area contributed by atoms with E-state index in [2.05, 4.69) is 48.5 Å². The highest BCUT2D eigenvalue weighted by atomic mass is 79.9. The fourth-order valence-electron chi connectivity index (χ4n) is 2.50. The molecule has 1 saturated heterocycles. The maximum atomic E-state index is 6.00. The highest BCUT2D eigenvalue weighted by Gasteiger charge is 2.34. The molecule has 0 aromatic rings. The molecular formula is C12H24BrNO. The van der Waals surface area contributed by atoms with Crippen LogP contribution in [0.3, 0.4) is 0 Å². The number of hydrogen-bond acceptors (Lipinski definition) is 2. The maximum absolute atomic E-state index is 6.00. The van der Waals surface area contributed by atoms with Crippen LogP contribution >= 0.6 is 15.9 Å². The van der Waals surface area contributed by atoms with Crippen LogP contribution in [-0.4, -0.2) is 41.1 Å². The number of ether oxygens (including phenoxy) is 1. The van der Waals surface area contributed by atoms with Gasteiger partial charge in [0.1, 0.15) is 0 Å². The quantitative estimate of drug-likeness (QED) is 0.733. The minimum Gasteiger partial charge on any atom is -0.369 e. The Bertz CT molecular complexity index is 192. The molecule has 1 heterocycles. The Labute approximate surface area is 102 Å². The van der Waals surface area contributed by atoms with Crippen molar-refractivity contribution in [1.82, 2.24) is 4.90 Å². The van der Waals surface area contributed by atoms with Crippen LogP contribution in [0.25, 0.3) is 0 Å². The van der Waals surface area contributed by atoms with Crippen LogP contribution in [0.15, 0.2) is 0 Å². The molecule has 1 fully saturated rings. The number of alkyl halides is 1. The molecule has 0 aromatic heterocycles. The number of nitrogens with zero attached hydrogens (tertiary/aromatic N) is 1. The molecule has 90 valence electrons. The van der Waals surface area contributed by atoms with Crippen molar-refractivity contribution in [3.8, 4) is 0 Å². The molecule has 1 rings (SSSR count). The fraction of sp³-hybridized carbons (Fsp3) is 1.00. The highest BCUT2D eigenvalue weighted by Crippen LogP contribution is 2.25. The zero-order valence-corrected chi connectivity index (χ0v) is 12.0. The lowest BCUT2D eigenvalue weighted by atomic mass is 10.0. The first kappa shape index (κ1) is 13.5. The summed E-state index contributed by atoms with van der Waals surface area (Å²) in [6.45, 7) is 11.1. The summed E-state index contributed by atoms with van der Waals surface area (Å²) in [5.74, 6) is 0. The van der Waals surface area contributed by atoms with E-state index in [1.165, 1.54) is 12.8 Å². The van der Waals surface area contributed by atoms with Crippen LogP contribution in [0.1, 0.15) is 40.5 Å². The standard InChI is InChI=1S/C12H24BrNO/c1-5-10(6-2)14-8-11(7-13)15-12(3,4)9-14/h10-11H,5-9H2,1-4H3. The lowest BCUT2D eigenvalue weighted by Gasteiger charge is -2.45. The molecule has 1 atom stereocenters. The number of halogens is 1. The zero-order chi connectivity index (χ0) is 11.5. The molecule has 0 aromatic carbocycles. The summed E-state index contributed by atoms with van der Waals surface area (Å²) in [6, 6.07) is 0.717. The van der Waals surface area contributed by atoms with Crippen LogP contribution in [-0.2, 0) is 4.74 Å². The first-order valence-corrected chi connectivity index (χ1v) is 7.12. The second-order valence-electron chi connectivity index (χ2n) is 5.05. The van der Waals surface area contributed by atoms with E-state index in [9.17, 15) is 0 Å². The predicted octanol–water partition coefficient (Wildman–Crippen LogP) is 3.05. The third kappa shape index (κ3) is 3.72. The van der Waals surface area contributed by atoms with E-state index in [4.69, 9.17) is 4.74 Å². The molecule has 1 aliphatic heterocycles. The van der Waals surface area contributed by atoms with Crippen molar-refractivity contribution in [2.24, 2.45) is 0 Å². The van der Waals surface area contributed by atoms with Crippen molar-refractivity contribution in [2.45, 2.75) is 58.3 Å². The molecule has 0 saturated carbocycles. The van der Waals surface area contributed by atoms with Crippen LogP contribution < -0.4 is 0 Å². The Morgan fingerprint density at radius 1 is 1.40 bits per heavy atom. The summed E-state index contributed by atoms with van der Waals surface area (Å²) in [7, 11) is 0. The molecule has 2 nitrogen and oxygen atoms in total. The molecule has 0 amide bonds. The molecule has 0 N–H and O–H groups in total. The molecule has 0 bridgehead atoms. The summed E-state index contributed by atoms with van der Waals surface area (Å²) < 4.78 is 6.00. The van der Waals surface area contributed by atoms with Gasteiger partial charge in [-0.1, -0.05) is 29.8 Å². The van der Waals surface area contributed by atoms with E-state index in [0.29, 0.717) is 6.10 Å². The smallest absolute Gasteiger partial charge is 0.0806 e. The van der Waals surface area contributed by atoms with E-state index in [-0.39, 0.29) is 5.60 Å². The molecule has 0 aliphatic carbocycles. The van der Waals surface area contributed by atoms with E-state index in [0.717, 1.165) is 24.5 Å². The number of rotatable bonds is 4. The van der Waals surface area contributed by atoms with Crippen molar-refractivity contribution >= 4 is 15.9 Å². The maximum Gasteiger partial charge on any atom is 0.0806 e. The lowest BCUT2D eigenvalue weighted by molar-refractivity contribution is -0.136. The summed E-state index contributed by atoms with van der Waals surface area (Å²) in [5, 5.41) is 0.938. The Kier molecular flexibility index (Phi) is 5.07. The van der Waals surface area contributed by atoms with E-state index >= 15 is 0 Å². The largest absolute Gasteiger partial charge is 0.369 e. The SMILES string of the molecule is CCC(CC)N1CC(CBr)OC(C)(C)C1. The van der Waals surface area contributed by atoms with Crippen LogP contribution in [0, 0.1) is 0 Å². The van der Waals surface area contributed by atoms with Crippen molar-refractivity contribution in [1.29, 1.82) is 0 Å². The summed E-state index contributed by atoms with van der Waals surface area (Å²) in [4.78, 5) is 2.59. The monoisotopic (exact) mass is 277 g/mol. The van der Waals surface area contributed by atoms with Crippen molar-refractivity contribution in [3.05, 3.63) is 0 Å². The topological polar surface area (TPSA) is 12.5 Å². The minimum atomic E-state index is -0.000718. The average molecular weight is 278 g/mol. The number of hydrogen-bond donors (Lipinski definition) is 0. The second-order valence-corrected chi connectivity index (χ2v) is 5.70. The van der Waals surface area contributed by atoms with Crippen molar-refractivity contribution in [2.75, 3.05) is 18.4 Å². The van der Waals surface area contributed by atoms with Crippen LogP contribution in [0.5, 0.6) is 0 Å². The van der Waals surface area contributed by atoms with E-state index in [1.807, 2.05) is 0 Å². The van der Waals surface area contributed by atoms with Gasteiger partial charge in [0.2, 0.25) is 0 Å². The average Bonchev–Trinajstić information content (AvgIpc) is 2.17. The minimum absolute atomic E-state index is 0.000718. The van der Waals surface area contributed by atoms with Crippen LogP contribution in [0.4, 0.5) is 0 Å². The van der Waals surface area contributed by atoms with Gasteiger partial charge in [0.05, 0.1) is 11.7 Å².